The van der Waals surface area contributed by atoms with Crippen LogP contribution in [0.4, 0.5) is 37.1 Å². The second kappa shape index (κ2) is 20.0. The number of anilines is 4. The highest BCUT2D eigenvalue weighted by Gasteiger charge is 2.19. The molecule has 0 aliphatic rings. The van der Waals surface area contributed by atoms with Gasteiger partial charge in [0.1, 0.15) is 11.2 Å². The average molecular weight is 751 g/mol. The van der Waals surface area contributed by atoms with Gasteiger partial charge in [-0.15, -0.1) is 22.7 Å². The van der Waals surface area contributed by atoms with E-state index in [9.17, 15) is 19.2 Å². The van der Waals surface area contributed by atoms with E-state index in [0.717, 1.165) is 20.9 Å². The van der Waals surface area contributed by atoms with Gasteiger partial charge in [0, 0.05) is 15.8 Å². The monoisotopic (exact) mass is 750 g/mol. The lowest BCUT2D eigenvalue weighted by Crippen LogP contribution is -2.34. The molecule has 0 spiro atoms. The Labute approximate surface area is 314 Å². The maximum atomic E-state index is 12.1. The molecule has 6 N–H and O–H groups in total. The molecule has 4 amide bonds. The standard InChI is InChI=1S/C19H25N3O3S.C15H18N2O2S.C4H7NO/c1-12(2)20-17(23)21-15-11-13(16-7-6-10-26-16)8-9-14(15)22-18(24)25-19(3,4)5;1-15(2,3)19-14(18)17-12-7-6-10(9-11(12)16)13-5-4-8-20-13;1-4(2)5-3-6/h6-12H,1-5H3,(H,22,24)(H2,20,21,23);4-9H,16H2,1-3H3,(H,17,18);4H,1-2H3. The lowest BCUT2D eigenvalue weighted by Gasteiger charge is -2.21. The van der Waals surface area contributed by atoms with Gasteiger partial charge in [-0.3, -0.25) is 10.6 Å². The molecule has 0 radical (unpaired) electrons. The number of rotatable bonds is 7. The Morgan fingerprint density at radius 3 is 1.58 bits per heavy atom. The van der Waals surface area contributed by atoms with Crippen LogP contribution in [-0.4, -0.2) is 47.6 Å². The number of isocyanates is 1. The minimum absolute atomic E-state index is 0.00209. The summed E-state index contributed by atoms with van der Waals surface area (Å²) in [5, 5.41) is 14.9. The van der Waals surface area contributed by atoms with Gasteiger partial charge in [-0.2, -0.15) is 0 Å². The fourth-order valence-electron chi connectivity index (χ4n) is 3.98. The van der Waals surface area contributed by atoms with Crippen molar-refractivity contribution in [1.82, 2.24) is 5.32 Å². The van der Waals surface area contributed by atoms with E-state index in [1.165, 1.54) is 6.08 Å². The quantitative estimate of drug-likeness (QED) is 0.0710. The van der Waals surface area contributed by atoms with Crippen LogP contribution in [0.25, 0.3) is 20.9 Å². The minimum atomic E-state index is -0.608. The largest absolute Gasteiger partial charge is 0.444 e. The van der Waals surface area contributed by atoms with Gasteiger partial charge in [0.25, 0.3) is 0 Å². The van der Waals surface area contributed by atoms with Crippen molar-refractivity contribution in [1.29, 1.82) is 0 Å². The van der Waals surface area contributed by atoms with E-state index in [1.54, 1.807) is 55.6 Å². The van der Waals surface area contributed by atoms with Gasteiger partial charge in [-0.25, -0.2) is 24.2 Å². The van der Waals surface area contributed by atoms with E-state index in [2.05, 4.69) is 26.3 Å². The molecule has 280 valence electrons. The molecule has 52 heavy (non-hydrogen) atoms. The average Bonchev–Trinajstić information content (AvgIpc) is 3.73. The lowest BCUT2D eigenvalue weighted by atomic mass is 10.1. The van der Waals surface area contributed by atoms with Gasteiger partial charge < -0.3 is 25.8 Å². The molecule has 0 aliphatic carbocycles. The summed E-state index contributed by atoms with van der Waals surface area (Å²) in [6.07, 6.45) is 0.360. The van der Waals surface area contributed by atoms with Gasteiger partial charge in [-0.1, -0.05) is 24.3 Å². The van der Waals surface area contributed by atoms with Crippen molar-refractivity contribution in [2.24, 2.45) is 4.99 Å². The number of nitrogen functional groups attached to an aromatic ring is 1. The molecule has 0 atom stereocenters. The maximum absolute atomic E-state index is 12.1. The molecule has 0 aliphatic heterocycles. The van der Waals surface area contributed by atoms with Crippen LogP contribution in [0.3, 0.4) is 0 Å². The fraction of sp³-hybridized carbons (Fsp3) is 0.368. The van der Waals surface area contributed by atoms with Crippen LogP contribution in [0, 0.1) is 0 Å². The summed E-state index contributed by atoms with van der Waals surface area (Å²) in [6.45, 7) is 18.2. The van der Waals surface area contributed by atoms with Crippen molar-refractivity contribution >= 4 is 69.7 Å². The Bertz CT molecular complexity index is 1790. The van der Waals surface area contributed by atoms with Gasteiger partial charge in [0.2, 0.25) is 6.08 Å². The van der Waals surface area contributed by atoms with Gasteiger partial charge >= 0.3 is 18.2 Å². The Morgan fingerprint density at radius 2 is 1.19 bits per heavy atom. The molecule has 2 aromatic heterocycles. The molecule has 0 unspecified atom stereocenters. The highest BCUT2D eigenvalue weighted by atomic mass is 32.1. The zero-order valence-electron chi connectivity index (χ0n) is 31.4. The van der Waals surface area contributed by atoms with Gasteiger partial charge in [0.15, 0.2) is 0 Å². The first-order valence-electron chi connectivity index (χ1n) is 16.5. The first kappa shape index (κ1) is 43.0. The van der Waals surface area contributed by atoms with E-state index in [1.807, 2.05) is 108 Å². The number of nitrogens with two attached hydrogens (primary N) is 1. The number of carbonyl (C=O) groups excluding carboxylic acids is 4. The van der Waals surface area contributed by atoms with E-state index >= 15 is 0 Å². The Balaban J connectivity index is 0.000000319. The number of carbonyl (C=O) groups is 3. The number of ether oxygens (including phenoxy) is 2. The smallest absolute Gasteiger partial charge is 0.412 e. The van der Waals surface area contributed by atoms with E-state index < -0.39 is 23.4 Å². The summed E-state index contributed by atoms with van der Waals surface area (Å²) in [5.74, 6) is 0. The van der Waals surface area contributed by atoms with Gasteiger partial charge in [0.05, 0.1) is 28.8 Å². The molecule has 0 saturated heterocycles. The lowest BCUT2D eigenvalue weighted by molar-refractivity contribution is 0.0624. The van der Waals surface area contributed by atoms with E-state index in [0.29, 0.717) is 22.7 Å². The predicted molar refractivity (Wildman–Crippen MR) is 214 cm³/mol. The number of hydrogen-bond donors (Lipinski definition) is 5. The first-order valence-corrected chi connectivity index (χ1v) is 18.3. The van der Waals surface area contributed by atoms with Crippen LogP contribution in [0.5, 0.6) is 0 Å². The Hall–Kier alpha value is -5.17. The summed E-state index contributed by atoms with van der Waals surface area (Å²) in [5.41, 5.74) is 8.86. The van der Waals surface area contributed by atoms with Crippen molar-refractivity contribution in [2.75, 3.05) is 21.7 Å². The third kappa shape index (κ3) is 16.7. The molecule has 2 heterocycles. The number of aliphatic imine (C=N–C) groups is 1. The SMILES string of the molecule is CC(C)(C)OC(=O)Nc1ccc(-c2cccs2)cc1N.CC(C)N=C=O.CC(C)NC(=O)Nc1cc(-c2cccs2)ccc1NC(=O)OC(C)(C)C. The second-order valence-electron chi connectivity index (χ2n) is 13.8. The van der Waals surface area contributed by atoms with Crippen molar-refractivity contribution in [3.8, 4) is 20.9 Å². The molecule has 4 aromatic rings. The summed E-state index contributed by atoms with van der Waals surface area (Å²) in [4.78, 5) is 50.8. The summed E-state index contributed by atoms with van der Waals surface area (Å²) in [6, 6.07) is 18.8. The molecular weight excluding hydrogens is 701 g/mol. The first-order chi connectivity index (χ1) is 24.3. The van der Waals surface area contributed by atoms with Crippen LogP contribution >= 0.6 is 22.7 Å². The normalized spacial score (nSPS) is 10.8. The van der Waals surface area contributed by atoms with Crippen molar-refractivity contribution in [3.63, 3.8) is 0 Å². The third-order valence-corrected chi connectivity index (χ3v) is 7.77. The summed E-state index contributed by atoms with van der Waals surface area (Å²) >= 11 is 3.25. The zero-order valence-corrected chi connectivity index (χ0v) is 33.0. The minimum Gasteiger partial charge on any atom is -0.444 e. The molecule has 14 heteroatoms. The zero-order chi connectivity index (χ0) is 39.1. The Morgan fingerprint density at radius 1 is 0.712 bits per heavy atom. The molecule has 0 bridgehead atoms. The highest BCUT2D eigenvalue weighted by molar-refractivity contribution is 7.13. The number of nitrogens with zero attached hydrogens (tertiary/aromatic N) is 1. The topological polar surface area (TPSA) is 173 Å². The summed E-state index contributed by atoms with van der Waals surface area (Å²) in [7, 11) is 0. The maximum Gasteiger partial charge on any atom is 0.412 e. The number of benzene rings is 2. The van der Waals surface area contributed by atoms with Crippen LogP contribution in [0.15, 0.2) is 76.4 Å². The second-order valence-corrected chi connectivity index (χ2v) is 15.7. The fourth-order valence-corrected chi connectivity index (χ4v) is 5.43. The number of thiophene rings is 2. The molecular formula is C38H50N6O6S2. The van der Waals surface area contributed by atoms with Crippen molar-refractivity contribution in [2.45, 2.75) is 92.5 Å². The molecule has 12 nitrogen and oxygen atoms in total. The van der Waals surface area contributed by atoms with Crippen molar-refractivity contribution < 1.29 is 28.7 Å². The van der Waals surface area contributed by atoms with E-state index in [-0.39, 0.29) is 18.1 Å². The van der Waals surface area contributed by atoms with Crippen LogP contribution < -0.4 is 27.0 Å². The van der Waals surface area contributed by atoms with Crippen molar-refractivity contribution in [3.05, 3.63) is 71.4 Å². The van der Waals surface area contributed by atoms with Crippen LogP contribution in [0.2, 0.25) is 0 Å². The molecule has 4 rings (SSSR count). The number of urea groups is 1. The van der Waals surface area contributed by atoms with Crippen LogP contribution in [-0.2, 0) is 14.3 Å². The highest BCUT2D eigenvalue weighted by Crippen LogP contribution is 2.32. The Kier molecular flexibility index (Phi) is 16.6. The molecule has 2 aromatic carbocycles. The predicted octanol–water partition coefficient (Wildman–Crippen LogP) is 10.4. The number of hydrogen-bond acceptors (Lipinski definition) is 10. The number of amides is 4. The van der Waals surface area contributed by atoms with Gasteiger partial charge in [-0.05, 0) is 128 Å². The molecule has 0 saturated carbocycles. The third-order valence-electron chi connectivity index (χ3n) is 5.93. The summed E-state index contributed by atoms with van der Waals surface area (Å²) < 4.78 is 10.5. The van der Waals surface area contributed by atoms with Crippen LogP contribution in [0.1, 0.15) is 69.2 Å². The molecule has 0 fully saturated rings. The van der Waals surface area contributed by atoms with E-state index in [4.69, 9.17) is 15.2 Å². The number of nitrogens with one attached hydrogen (secondary N) is 4.